The van der Waals surface area contributed by atoms with Crippen LogP contribution in [0.1, 0.15) is 31.2 Å². The van der Waals surface area contributed by atoms with Gasteiger partial charge in [-0.25, -0.2) is 4.79 Å². The molecule has 25 heavy (non-hydrogen) atoms. The molecular formula is C19H27N3O3. The third-order valence-corrected chi connectivity index (χ3v) is 5.01. The second-order valence-corrected chi connectivity index (χ2v) is 6.83. The number of amides is 3. The molecule has 0 aliphatic carbocycles. The molecule has 0 aromatic heterocycles. The highest BCUT2D eigenvalue weighted by molar-refractivity contribution is 5.79. The number of carbonyl (C=O) groups is 2. The molecule has 0 saturated carbocycles. The van der Waals surface area contributed by atoms with E-state index in [-0.39, 0.29) is 18.0 Å². The van der Waals surface area contributed by atoms with Gasteiger partial charge in [0.2, 0.25) is 5.91 Å². The largest absolute Gasteiger partial charge is 0.497 e. The molecule has 2 heterocycles. The zero-order chi connectivity index (χ0) is 17.6. The number of ether oxygens (including phenoxy) is 1. The first-order chi connectivity index (χ1) is 12.2. The molecule has 6 heteroatoms. The van der Waals surface area contributed by atoms with Crippen LogP contribution in [0.2, 0.25) is 0 Å². The lowest BCUT2D eigenvalue weighted by Crippen LogP contribution is -2.50. The van der Waals surface area contributed by atoms with Gasteiger partial charge in [-0.3, -0.25) is 4.79 Å². The number of urea groups is 1. The molecule has 2 saturated heterocycles. The SMILES string of the molecule is COc1cccc(CC(=O)NC2CCN(C(=O)N3CCCC3)CC2)c1. The summed E-state index contributed by atoms with van der Waals surface area (Å²) in [6.45, 7) is 3.21. The summed E-state index contributed by atoms with van der Waals surface area (Å²) in [4.78, 5) is 28.5. The summed E-state index contributed by atoms with van der Waals surface area (Å²) < 4.78 is 5.19. The monoisotopic (exact) mass is 345 g/mol. The highest BCUT2D eigenvalue weighted by atomic mass is 16.5. The third-order valence-electron chi connectivity index (χ3n) is 5.01. The Labute approximate surface area is 149 Å². The number of nitrogens with zero attached hydrogens (tertiary/aromatic N) is 2. The second kappa shape index (κ2) is 8.23. The van der Waals surface area contributed by atoms with E-state index in [4.69, 9.17) is 4.74 Å². The van der Waals surface area contributed by atoms with Crippen molar-refractivity contribution in [2.24, 2.45) is 0 Å². The van der Waals surface area contributed by atoms with Gasteiger partial charge in [0.15, 0.2) is 0 Å². The minimum Gasteiger partial charge on any atom is -0.497 e. The smallest absolute Gasteiger partial charge is 0.319 e. The molecule has 0 spiro atoms. The summed E-state index contributed by atoms with van der Waals surface area (Å²) in [6.07, 6.45) is 4.22. The number of benzene rings is 1. The Morgan fingerprint density at radius 3 is 2.48 bits per heavy atom. The van der Waals surface area contributed by atoms with E-state index >= 15 is 0 Å². The van der Waals surface area contributed by atoms with Crippen molar-refractivity contribution < 1.29 is 14.3 Å². The fourth-order valence-electron chi connectivity index (χ4n) is 3.57. The number of methoxy groups -OCH3 is 1. The van der Waals surface area contributed by atoms with Crippen LogP contribution in [0.5, 0.6) is 5.75 Å². The van der Waals surface area contributed by atoms with E-state index in [0.717, 1.165) is 63.2 Å². The average Bonchev–Trinajstić information content (AvgIpc) is 3.16. The maximum absolute atomic E-state index is 12.4. The van der Waals surface area contributed by atoms with Crippen molar-refractivity contribution in [2.45, 2.75) is 38.1 Å². The van der Waals surface area contributed by atoms with E-state index in [0.29, 0.717) is 6.42 Å². The number of rotatable bonds is 4. The zero-order valence-corrected chi connectivity index (χ0v) is 14.9. The van der Waals surface area contributed by atoms with Gasteiger partial charge >= 0.3 is 6.03 Å². The van der Waals surface area contributed by atoms with Gasteiger partial charge in [0.25, 0.3) is 0 Å². The molecule has 0 unspecified atom stereocenters. The fourth-order valence-corrected chi connectivity index (χ4v) is 3.57. The quantitative estimate of drug-likeness (QED) is 0.908. The summed E-state index contributed by atoms with van der Waals surface area (Å²) in [5.41, 5.74) is 0.943. The van der Waals surface area contributed by atoms with Crippen LogP contribution in [-0.2, 0) is 11.2 Å². The standard InChI is InChI=1S/C19H27N3O3/c1-25-17-6-4-5-15(13-17)14-18(23)20-16-7-11-22(12-8-16)19(24)21-9-2-3-10-21/h4-6,13,16H,2-3,7-12,14H2,1H3,(H,20,23). The van der Waals surface area contributed by atoms with Crippen molar-refractivity contribution in [2.75, 3.05) is 33.3 Å². The Morgan fingerprint density at radius 2 is 1.80 bits per heavy atom. The van der Waals surface area contributed by atoms with Gasteiger partial charge in [-0.05, 0) is 43.4 Å². The highest BCUT2D eigenvalue weighted by Gasteiger charge is 2.28. The number of nitrogens with one attached hydrogen (secondary N) is 1. The minimum absolute atomic E-state index is 0.0255. The number of likely N-dealkylation sites (tertiary alicyclic amines) is 2. The topological polar surface area (TPSA) is 61.9 Å². The van der Waals surface area contributed by atoms with Crippen LogP contribution in [0.15, 0.2) is 24.3 Å². The highest BCUT2D eigenvalue weighted by Crippen LogP contribution is 2.17. The van der Waals surface area contributed by atoms with Crippen molar-refractivity contribution in [3.05, 3.63) is 29.8 Å². The molecule has 0 radical (unpaired) electrons. The van der Waals surface area contributed by atoms with Crippen LogP contribution in [0.3, 0.4) is 0 Å². The molecule has 2 aliphatic rings. The summed E-state index contributed by atoms with van der Waals surface area (Å²) >= 11 is 0. The van der Waals surface area contributed by atoms with E-state index < -0.39 is 0 Å². The van der Waals surface area contributed by atoms with E-state index in [1.165, 1.54) is 0 Å². The van der Waals surface area contributed by atoms with Gasteiger partial charge in [0.1, 0.15) is 5.75 Å². The molecule has 0 bridgehead atoms. The Hall–Kier alpha value is -2.24. The Balaban J connectivity index is 1.43. The summed E-state index contributed by atoms with van der Waals surface area (Å²) in [7, 11) is 1.62. The normalized spacial score (nSPS) is 18.3. The lowest BCUT2D eigenvalue weighted by Gasteiger charge is -2.34. The van der Waals surface area contributed by atoms with Gasteiger partial charge in [0, 0.05) is 32.2 Å². The van der Waals surface area contributed by atoms with Crippen molar-refractivity contribution >= 4 is 11.9 Å². The number of piperidine rings is 1. The van der Waals surface area contributed by atoms with E-state index in [2.05, 4.69) is 5.32 Å². The third kappa shape index (κ3) is 4.65. The van der Waals surface area contributed by atoms with Crippen LogP contribution < -0.4 is 10.1 Å². The van der Waals surface area contributed by atoms with Crippen LogP contribution in [-0.4, -0.2) is 61.1 Å². The predicted octanol–water partition coefficient (Wildman–Crippen LogP) is 2.03. The first kappa shape index (κ1) is 17.6. The number of hydrogen-bond donors (Lipinski definition) is 1. The van der Waals surface area contributed by atoms with E-state index in [9.17, 15) is 9.59 Å². The molecule has 6 nitrogen and oxygen atoms in total. The van der Waals surface area contributed by atoms with Crippen LogP contribution in [0.4, 0.5) is 4.79 Å². The molecule has 3 amide bonds. The van der Waals surface area contributed by atoms with Crippen molar-refractivity contribution in [1.29, 1.82) is 0 Å². The molecule has 1 aromatic carbocycles. The van der Waals surface area contributed by atoms with Crippen LogP contribution >= 0.6 is 0 Å². The van der Waals surface area contributed by atoms with Crippen LogP contribution in [0.25, 0.3) is 0 Å². The van der Waals surface area contributed by atoms with Gasteiger partial charge in [-0.15, -0.1) is 0 Å². The average molecular weight is 345 g/mol. The van der Waals surface area contributed by atoms with Crippen molar-refractivity contribution in [3.8, 4) is 5.75 Å². The van der Waals surface area contributed by atoms with Gasteiger partial charge < -0.3 is 19.9 Å². The molecular weight excluding hydrogens is 318 g/mol. The summed E-state index contributed by atoms with van der Waals surface area (Å²) in [5, 5.41) is 3.10. The molecule has 2 fully saturated rings. The summed E-state index contributed by atoms with van der Waals surface area (Å²) in [5.74, 6) is 0.789. The molecule has 2 aliphatic heterocycles. The summed E-state index contributed by atoms with van der Waals surface area (Å²) in [6, 6.07) is 7.90. The number of carbonyl (C=O) groups excluding carboxylic acids is 2. The van der Waals surface area contributed by atoms with Gasteiger partial charge in [-0.1, -0.05) is 12.1 Å². The lowest BCUT2D eigenvalue weighted by molar-refractivity contribution is -0.121. The van der Waals surface area contributed by atoms with Gasteiger partial charge in [0.05, 0.1) is 13.5 Å². The van der Waals surface area contributed by atoms with Crippen LogP contribution in [0, 0.1) is 0 Å². The van der Waals surface area contributed by atoms with Crippen molar-refractivity contribution in [3.63, 3.8) is 0 Å². The van der Waals surface area contributed by atoms with E-state index in [1.54, 1.807) is 7.11 Å². The van der Waals surface area contributed by atoms with Crippen molar-refractivity contribution in [1.82, 2.24) is 15.1 Å². The molecule has 1 aromatic rings. The van der Waals surface area contributed by atoms with Gasteiger partial charge in [-0.2, -0.15) is 0 Å². The molecule has 0 atom stereocenters. The minimum atomic E-state index is 0.0255. The zero-order valence-electron chi connectivity index (χ0n) is 14.9. The molecule has 3 rings (SSSR count). The van der Waals surface area contributed by atoms with E-state index in [1.807, 2.05) is 34.1 Å². The molecule has 1 N–H and O–H groups in total. The first-order valence-electron chi connectivity index (χ1n) is 9.12. The maximum atomic E-state index is 12.4. The lowest BCUT2D eigenvalue weighted by atomic mass is 10.0. The first-order valence-corrected chi connectivity index (χ1v) is 9.12. The Bertz CT molecular complexity index is 606. The molecule has 136 valence electrons. The maximum Gasteiger partial charge on any atom is 0.319 e. The fraction of sp³-hybridized carbons (Fsp3) is 0.579. The predicted molar refractivity (Wildman–Crippen MR) is 95.6 cm³/mol. The number of hydrogen-bond acceptors (Lipinski definition) is 3. The second-order valence-electron chi connectivity index (χ2n) is 6.83. The Kier molecular flexibility index (Phi) is 5.79. The Morgan fingerprint density at radius 1 is 1.12 bits per heavy atom.